The van der Waals surface area contributed by atoms with Gasteiger partial charge >= 0.3 is 5.97 Å². The highest BCUT2D eigenvalue weighted by molar-refractivity contribution is 7.89. The van der Waals surface area contributed by atoms with Gasteiger partial charge in [0.05, 0.1) is 37.0 Å². The molecule has 0 radical (unpaired) electrons. The first-order chi connectivity index (χ1) is 22.9. The minimum Gasteiger partial charge on any atom is -0.493 e. The summed E-state index contributed by atoms with van der Waals surface area (Å²) in [7, 11) is -1.28. The van der Waals surface area contributed by atoms with Crippen molar-refractivity contribution in [2.45, 2.75) is 102 Å². The summed E-state index contributed by atoms with van der Waals surface area (Å²) >= 11 is 0. The molecule has 47 heavy (non-hydrogen) atoms. The summed E-state index contributed by atoms with van der Waals surface area (Å²) in [5.74, 6) is 0.526. The molecule has 9 heteroatoms. The quantitative estimate of drug-likeness (QED) is 0.0470. The van der Waals surface area contributed by atoms with E-state index in [9.17, 15) is 13.2 Å². The normalized spacial score (nSPS) is 11.7. The molecule has 0 aliphatic carbocycles. The third kappa shape index (κ3) is 13.1. The van der Waals surface area contributed by atoms with Gasteiger partial charge in [-0.1, -0.05) is 127 Å². The summed E-state index contributed by atoms with van der Waals surface area (Å²) in [5, 5.41) is 4.32. The largest absolute Gasteiger partial charge is 0.493 e. The molecule has 0 aliphatic heterocycles. The molecule has 0 saturated heterocycles. The number of nitrogens with one attached hydrogen (secondary N) is 1. The molecule has 3 aromatic rings. The van der Waals surface area contributed by atoms with Crippen LogP contribution in [0.5, 0.6) is 11.5 Å². The van der Waals surface area contributed by atoms with Crippen molar-refractivity contribution in [2.75, 3.05) is 20.8 Å². The fourth-order valence-corrected chi connectivity index (χ4v) is 6.23. The topological polar surface area (TPSA) is 103 Å². The molecule has 0 heterocycles. The molecule has 0 unspecified atom stereocenters. The Morgan fingerprint density at radius 3 is 1.85 bits per heavy atom. The highest BCUT2D eigenvalue weighted by Crippen LogP contribution is 2.30. The Morgan fingerprint density at radius 2 is 1.26 bits per heavy atom. The van der Waals surface area contributed by atoms with Crippen LogP contribution in [0, 0.1) is 0 Å². The number of sulfonamides is 1. The molecular formula is C38H52N2O6S. The van der Waals surface area contributed by atoms with Gasteiger partial charge in [-0.25, -0.2) is 4.79 Å². The number of benzene rings is 3. The summed E-state index contributed by atoms with van der Waals surface area (Å²) in [6.45, 7) is 2.86. The zero-order valence-corrected chi connectivity index (χ0v) is 29.2. The van der Waals surface area contributed by atoms with Gasteiger partial charge in [0.1, 0.15) is 0 Å². The maximum absolute atomic E-state index is 13.1. The zero-order chi connectivity index (χ0) is 33.7. The predicted octanol–water partition coefficient (Wildman–Crippen LogP) is 9.07. The van der Waals surface area contributed by atoms with Crippen LogP contribution in [0.15, 0.2) is 82.8 Å². The van der Waals surface area contributed by atoms with Gasteiger partial charge in [-0.15, -0.1) is 0 Å². The number of ether oxygens (including phenoxy) is 3. The number of methoxy groups -OCH3 is 2. The van der Waals surface area contributed by atoms with Crippen molar-refractivity contribution in [2.24, 2.45) is 5.10 Å². The Morgan fingerprint density at radius 1 is 0.660 bits per heavy atom. The van der Waals surface area contributed by atoms with Crippen LogP contribution in [-0.4, -0.2) is 40.9 Å². The lowest BCUT2D eigenvalue weighted by molar-refractivity contribution is 0.0600. The van der Waals surface area contributed by atoms with Crippen molar-refractivity contribution in [1.82, 2.24) is 4.83 Å². The van der Waals surface area contributed by atoms with Crippen LogP contribution in [0.4, 0.5) is 0 Å². The van der Waals surface area contributed by atoms with E-state index in [0.717, 1.165) is 12.8 Å². The Labute approximate surface area is 282 Å². The van der Waals surface area contributed by atoms with E-state index in [0.29, 0.717) is 34.9 Å². The number of rotatable bonds is 23. The molecule has 8 nitrogen and oxygen atoms in total. The molecule has 0 amide bonds. The molecular weight excluding hydrogens is 612 g/mol. The molecule has 0 bridgehead atoms. The standard InChI is InChI=1S/C38H52N2O6S/c1-4-5-6-7-8-9-10-11-12-13-14-15-16-20-28-46-35-27-26-32(30-36(35)44-2)37(31-22-18-17-19-23-31)39-40-47(42,43)34-25-21-24-33(29-34)38(41)45-3/h17-19,21-27,29-30,40H,4-16,20,28H2,1-3H3/b39-37+. The van der Waals surface area contributed by atoms with Crippen molar-refractivity contribution in [3.63, 3.8) is 0 Å². The van der Waals surface area contributed by atoms with E-state index in [-0.39, 0.29) is 10.5 Å². The van der Waals surface area contributed by atoms with Gasteiger partial charge in [-0.3, -0.25) is 0 Å². The van der Waals surface area contributed by atoms with Crippen molar-refractivity contribution in [3.05, 3.63) is 89.5 Å². The molecule has 0 aromatic heterocycles. The molecule has 3 aromatic carbocycles. The molecule has 0 aliphatic rings. The van der Waals surface area contributed by atoms with Crippen molar-refractivity contribution < 1.29 is 27.4 Å². The highest BCUT2D eigenvalue weighted by Gasteiger charge is 2.18. The van der Waals surface area contributed by atoms with Gasteiger partial charge in [-0.2, -0.15) is 18.4 Å². The maximum Gasteiger partial charge on any atom is 0.337 e. The second kappa shape index (κ2) is 21.1. The first kappa shape index (κ1) is 37.6. The molecule has 1 N–H and O–H groups in total. The Hall–Kier alpha value is -3.85. The lowest BCUT2D eigenvalue weighted by Crippen LogP contribution is -2.21. The van der Waals surface area contributed by atoms with Crippen LogP contribution in [0.25, 0.3) is 0 Å². The maximum atomic E-state index is 13.1. The number of hydrazone groups is 1. The summed E-state index contributed by atoms with van der Waals surface area (Å²) in [5.41, 5.74) is 1.87. The first-order valence-corrected chi connectivity index (χ1v) is 18.5. The van der Waals surface area contributed by atoms with E-state index in [4.69, 9.17) is 14.2 Å². The molecule has 256 valence electrons. The highest BCUT2D eigenvalue weighted by atomic mass is 32.2. The van der Waals surface area contributed by atoms with Gasteiger partial charge in [0.25, 0.3) is 10.0 Å². The average Bonchev–Trinajstić information content (AvgIpc) is 3.10. The second-order valence-electron chi connectivity index (χ2n) is 11.8. The first-order valence-electron chi connectivity index (χ1n) is 17.0. The number of unbranched alkanes of at least 4 members (excludes halogenated alkanes) is 13. The monoisotopic (exact) mass is 664 g/mol. The summed E-state index contributed by atoms with van der Waals surface area (Å²) in [4.78, 5) is 14.1. The molecule has 0 fully saturated rings. The van der Waals surface area contributed by atoms with E-state index in [2.05, 4.69) is 16.9 Å². The van der Waals surface area contributed by atoms with Crippen LogP contribution in [0.2, 0.25) is 0 Å². The average molecular weight is 665 g/mol. The fraction of sp³-hybridized carbons (Fsp3) is 0.474. The van der Waals surface area contributed by atoms with Gasteiger partial charge < -0.3 is 14.2 Å². The summed E-state index contributed by atoms with van der Waals surface area (Å²) < 4.78 is 42.7. The van der Waals surface area contributed by atoms with Crippen LogP contribution >= 0.6 is 0 Å². The number of nitrogens with zero attached hydrogens (tertiary/aromatic N) is 1. The molecule has 0 spiro atoms. The molecule has 0 saturated carbocycles. The van der Waals surface area contributed by atoms with Gasteiger partial charge in [-0.05, 0) is 42.8 Å². The summed E-state index contributed by atoms with van der Waals surface area (Å²) in [6.07, 6.45) is 18.3. The fourth-order valence-electron chi connectivity index (χ4n) is 5.37. The number of carbonyl (C=O) groups is 1. The van der Waals surface area contributed by atoms with Crippen LogP contribution in [0.1, 0.15) is 118 Å². The minimum absolute atomic E-state index is 0.110. The number of hydrogen-bond donors (Lipinski definition) is 1. The van der Waals surface area contributed by atoms with E-state index >= 15 is 0 Å². The molecule has 0 atom stereocenters. The SMILES string of the molecule is CCCCCCCCCCCCCCCCOc1ccc(/C(=N/NS(=O)(=O)c2cccc(C(=O)OC)c2)c2ccccc2)cc1OC. The zero-order valence-electron chi connectivity index (χ0n) is 28.3. The predicted molar refractivity (Wildman–Crippen MR) is 189 cm³/mol. The van der Waals surface area contributed by atoms with Crippen LogP contribution in [-0.2, 0) is 14.8 Å². The van der Waals surface area contributed by atoms with Crippen molar-refractivity contribution in [1.29, 1.82) is 0 Å². The summed E-state index contributed by atoms with van der Waals surface area (Å²) in [6, 6.07) is 20.3. The Bertz CT molecular complexity index is 1490. The third-order valence-corrected chi connectivity index (χ3v) is 9.29. The third-order valence-electron chi connectivity index (χ3n) is 8.08. The Kier molecular flexibility index (Phi) is 16.9. The lowest BCUT2D eigenvalue weighted by Gasteiger charge is -2.14. The number of hydrogen-bond acceptors (Lipinski definition) is 7. The molecule has 3 rings (SSSR count). The van der Waals surface area contributed by atoms with Crippen LogP contribution < -0.4 is 14.3 Å². The van der Waals surface area contributed by atoms with E-state index in [1.54, 1.807) is 13.2 Å². The second-order valence-corrected chi connectivity index (χ2v) is 13.4. The minimum atomic E-state index is -4.09. The Balaban J connectivity index is 1.54. The van der Waals surface area contributed by atoms with Gasteiger partial charge in [0, 0.05) is 11.1 Å². The number of carbonyl (C=O) groups excluding carboxylic acids is 1. The lowest BCUT2D eigenvalue weighted by atomic mass is 10.0. The van der Waals surface area contributed by atoms with Crippen molar-refractivity contribution in [3.8, 4) is 11.5 Å². The van der Waals surface area contributed by atoms with E-state index in [1.165, 1.54) is 108 Å². The van der Waals surface area contributed by atoms with E-state index in [1.807, 2.05) is 42.5 Å². The van der Waals surface area contributed by atoms with Crippen molar-refractivity contribution >= 4 is 21.7 Å². The number of esters is 1. The van der Waals surface area contributed by atoms with Gasteiger partial charge in [0.15, 0.2) is 11.5 Å². The van der Waals surface area contributed by atoms with Crippen LogP contribution in [0.3, 0.4) is 0 Å². The smallest absolute Gasteiger partial charge is 0.337 e. The van der Waals surface area contributed by atoms with E-state index < -0.39 is 16.0 Å². The van der Waals surface area contributed by atoms with Gasteiger partial charge in [0.2, 0.25) is 0 Å².